The van der Waals surface area contributed by atoms with E-state index in [1.165, 1.54) is 44.9 Å². The molecule has 0 atom stereocenters. The van der Waals surface area contributed by atoms with Gasteiger partial charge in [0, 0.05) is 6.61 Å². The van der Waals surface area contributed by atoms with Gasteiger partial charge in [-0.25, -0.2) is 0 Å². The Morgan fingerprint density at radius 2 is 1.00 bits per heavy atom. The largest absolute Gasteiger partial charge is 0.424 e. The number of benzene rings is 2. The van der Waals surface area contributed by atoms with Crippen LogP contribution in [0.3, 0.4) is 0 Å². The second-order valence-electron chi connectivity index (χ2n) is 8.98. The summed E-state index contributed by atoms with van der Waals surface area (Å²) in [6, 6.07) is 20.7. The molecule has 0 bridgehead atoms. The maximum atomic E-state index is 12.1. The highest BCUT2D eigenvalue weighted by Gasteiger charge is 2.49. The maximum Gasteiger partial charge on any atom is 0.258 e. The first-order valence-corrected chi connectivity index (χ1v) is 13.4. The Morgan fingerprint density at radius 1 is 0.621 bits per heavy atom. The van der Waals surface area contributed by atoms with E-state index in [2.05, 4.69) is 38.1 Å². The summed E-state index contributed by atoms with van der Waals surface area (Å²) in [4.78, 5) is 12.1. The third-order valence-corrected chi connectivity index (χ3v) is 10.9. The summed E-state index contributed by atoms with van der Waals surface area (Å²) in [7, 11) is -2.84. The minimum atomic E-state index is -2.84. The predicted molar refractivity (Wildman–Crippen MR) is 127 cm³/mol. The number of aliphatic hydroxyl groups is 1. The number of rotatable bonds is 14. The highest BCUT2D eigenvalue weighted by molar-refractivity contribution is 6.98. The van der Waals surface area contributed by atoms with Gasteiger partial charge in [-0.05, 0) is 28.3 Å². The highest BCUT2D eigenvalue weighted by atomic mass is 28.4. The second-order valence-corrected chi connectivity index (χ2v) is 12.9. The van der Waals surface area contributed by atoms with E-state index in [0.717, 1.165) is 29.6 Å². The van der Waals surface area contributed by atoms with E-state index in [4.69, 9.17) is 5.11 Å². The van der Waals surface area contributed by atoms with Gasteiger partial charge >= 0.3 is 0 Å². The van der Waals surface area contributed by atoms with E-state index in [1.807, 2.05) is 36.4 Å². The number of aliphatic hydroxyl groups excluding tert-OH is 1. The van der Waals surface area contributed by atoms with Crippen LogP contribution in [-0.2, 0) is 0 Å². The summed E-state index contributed by atoms with van der Waals surface area (Å²) in [6.45, 7) is 4.86. The summed E-state index contributed by atoms with van der Waals surface area (Å²) in [5.41, 5.74) is 0. The van der Waals surface area contributed by atoms with Gasteiger partial charge in [-0.1, -0.05) is 126 Å². The summed E-state index contributed by atoms with van der Waals surface area (Å²) < 4.78 is 0. The molecule has 0 aliphatic rings. The molecule has 2 rings (SSSR count). The third kappa shape index (κ3) is 6.80. The van der Waals surface area contributed by atoms with Gasteiger partial charge in [0.05, 0.1) is 0 Å². The van der Waals surface area contributed by atoms with Crippen LogP contribution >= 0.6 is 0 Å². The van der Waals surface area contributed by atoms with Gasteiger partial charge in [-0.3, -0.25) is 0 Å². The van der Waals surface area contributed by atoms with Crippen molar-refractivity contribution in [2.75, 3.05) is 6.61 Å². The molecule has 0 amide bonds. The van der Waals surface area contributed by atoms with E-state index in [-0.39, 0.29) is 5.04 Å². The Labute approximate surface area is 179 Å². The van der Waals surface area contributed by atoms with Gasteiger partial charge in [0.25, 0.3) is 8.32 Å². The molecule has 0 aliphatic heterocycles. The van der Waals surface area contributed by atoms with Gasteiger partial charge < -0.3 is 9.90 Å². The van der Waals surface area contributed by atoms with Gasteiger partial charge in [0.2, 0.25) is 0 Å². The Balaban J connectivity index is 1.90. The van der Waals surface area contributed by atoms with Crippen LogP contribution in [0.2, 0.25) is 5.04 Å². The minimum absolute atomic E-state index is 0.125. The minimum Gasteiger partial charge on any atom is -0.424 e. The monoisotopic (exact) mass is 412 g/mol. The average Bonchev–Trinajstić information content (AvgIpc) is 2.75. The predicted octanol–water partition coefficient (Wildman–Crippen LogP) is 5.41. The van der Waals surface area contributed by atoms with Crippen LogP contribution in [-0.4, -0.2) is 24.8 Å². The van der Waals surface area contributed by atoms with Crippen LogP contribution in [0.15, 0.2) is 60.7 Å². The zero-order valence-corrected chi connectivity index (χ0v) is 19.4. The molecular weight excluding hydrogens is 372 g/mol. The lowest BCUT2D eigenvalue weighted by Crippen LogP contribution is -2.65. The van der Waals surface area contributed by atoms with Crippen molar-refractivity contribution in [3.8, 4) is 0 Å². The van der Waals surface area contributed by atoms with Crippen LogP contribution in [0.25, 0.3) is 0 Å². The van der Waals surface area contributed by atoms with Crippen LogP contribution < -0.4 is 10.4 Å². The molecule has 0 saturated heterocycles. The molecule has 0 saturated carbocycles. The van der Waals surface area contributed by atoms with Crippen molar-refractivity contribution in [2.45, 2.75) is 83.1 Å². The lowest BCUT2D eigenvalue weighted by Gasteiger charge is -2.41. The standard InChI is InChI=1S/C26H40O2Si/c1-26(2,22-16-8-6-4-3-5-7-9-17-23-27)29(28,24-18-12-10-13-19-24)25-20-14-11-15-21-25/h10-15,18-21,27-28H,3-9,16-17,22-23H2,1-2H3. The average molecular weight is 413 g/mol. The number of unbranched alkanes of at least 4 members (excludes halogenated alkanes) is 8. The zero-order valence-electron chi connectivity index (χ0n) is 18.4. The molecule has 2 aromatic carbocycles. The Hall–Kier alpha value is -1.42. The van der Waals surface area contributed by atoms with Crippen molar-refractivity contribution in [1.82, 2.24) is 0 Å². The number of hydrogen-bond acceptors (Lipinski definition) is 2. The number of hydrogen-bond donors (Lipinski definition) is 2. The summed E-state index contributed by atoms with van der Waals surface area (Å²) in [6.07, 6.45) is 12.0. The molecule has 0 fully saturated rings. The summed E-state index contributed by atoms with van der Waals surface area (Å²) >= 11 is 0. The molecule has 2 aromatic rings. The Bertz CT molecular complexity index is 630. The van der Waals surface area contributed by atoms with Crippen molar-refractivity contribution >= 4 is 18.7 Å². The smallest absolute Gasteiger partial charge is 0.258 e. The van der Waals surface area contributed by atoms with Crippen molar-refractivity contribution in [3.63, 3.8) is 0 Å². The summed E-state index contributed by atoms with van der Waals surface area (Å²) in [5, 5.41) is 10.9. The molecule has 2 nitrogen and oxygen atoms in total. The maximum absolute atomic E-state index is 12.1. The molecular formula is C26H40O2Si. The second kappa shape index (κ2) is 12.3. The molecule has 3 heteroatoms. The van der Waals surface area contributed by atoms with Gasteiger partial charge in [0.15, 0.2) is 0 Å². The lowest BCUT2D eigenvalue weighted by atomic mass is 10.0. The molecule has 0 aromatic heterocycles. The van der Waals surface area contributed by atoms with Gasteiger partial charge in [0.1, 0.15) is 0 Å². The van der Waals surface area contributed by atoms with Crippen LogP contribution in [0.5, 0.6) is 0 Å². The SMILES string of the molecule is CC(C)(CCCCCCCCCCCO)[Si](O)(c1ccccc1)c1ccccc1. The lowest BCUT2D eigenvalue weighted by molar-refractivity contribution is 0.282. The van der Waals surface area contributed by atoms with Crippen LogP contribution in [0.1, 0.15) is 78.1 Å². The van der Waals surface area contributed by atoms with Crippen LogP contribution in [0, 0.1) is 0 Å². The fourth-order valence-electron chi connectivity index (χ4n) is 4.40. The molecule has 0 aliphatic carbocycles. The normalized spacial score (nSPS) is 12.3. The van der Waals surface area contributed by atoms with E-state index in [1.54, 1.807) is 0 Å². The molecule has 160 valence electrons. The highest BCUT2D eigenvalue weighted by Crippen LogP contribution is 2.40. The Kier molecular flexibility index (Phi) is 10.1. The van der Waals surface area contributed by atoms with Crippen molar-refractivity contribution in [2.24, 2.45) is 0 Å². The third-order valence-electron chi connectivity index (χ3n) is 6.32. The van der Waals surface area contributed by atoms with E-state index < -0.39 is 8.32 Å². The molecule has 0 heterocycles. The Morgan fingerprint density at radius 3 is 1.41 bits per heavy atom. The molecule has 0 unspecified atom stereocenters. The van der Waals surface area contributed by atoms with E-state index >= 15 is 0 Å². The quantitative estimate of drug-likeness (QED) is 0.322. The molecule has 0 radical (unpaired) electrons. The van der Waals surface area contributed by atoms with E-state index in [0.29, 0.717) is 6.61 Å². The van der Waals surface area contributed by atoms with Crippen LogP contribution in [0.4, 0.5) is 0 Å². The van der Waals surface area contributed by atoms with Crippen molar-refractivity contribution < 1.29 is 9.90 Å². The molecule has 29 heavy (non-hydrogen) atoms. The van der Waals surface area contributed by atoms with Crippen molar-refractivity contribution in [3.05, 3.63) is 60.7 Å². The fourth-order valence-corrected chi connectivity index (χ4v) is 8.19. The first-order valence-electron chi connectivity index (χ1n) is 11.5. The first kappa shape index (κ1) is 23.9. The van der Waals surface area contributed by atoms with Gasteiger partial charge in [-0.15, -0.1) is 0 Å². The van der Waals surface area contributed by atoms with Gasteiger partial charge in [-0.2, -0.15) is 0 Å². The van der Waals surface area contributed by atoms with Crippen molar-refractivity contribution in [1.29, 1.82) is 0 Å². The first-order chi connectivity index (χ1) is 14.0. The molecule has 2 N–H and O–H groups in total. The fraction of sp³-hybridized carbons (Fsp3) is 0.538. The van der Waals surface area contributed by atoms with E-state index in [9.17, 15) is 4.80 Å². The molecule has 0 spiro atoms. The topological polar surface area (TPSA) is 40.5 Å². The zero-order chi connectivity index (χ0) is 21.0. The summed E-state index contributed by atoms with van der Waals surface area (Å²) in [5.74, 6) is 0.